The Labute approximate surface area is 122 Å². The first-order valence-electron chi connectivity index (χ1n) is 6.83. The fraction of sp³-hybridized carbons (Fsp3) is 0.533. The fourth-order valence-corrected chi connectivity index (χ4v) is 4.11. The molecule has 1 saturated carbocycles. The summed E-state index contributed by atoms with van der Waals surface area (Å²) in [7, 11) is 0. The third-order valence-corrected chi connectivity index (χ3v) is 5.30. The third-order valence-electron chi connectivity index (χ3n) is 4.36. The third kappa shape index (κ3) is 2.17. The van der Waals surface area contributed by atoms with E-state index in [1.54, 1.807) is 0 Å². The molecule has 0 N–H and O–H groups in total. The number of carbonyl (C=O) groups is 1. The molecule has 2 unspecified atom stereocenters. The van der Waals surface area contributed by atoms with Crippen LogP contribution in [0.25, 0.3) is 0 Å². The first kappa shape index (κ1) is 12.5. The lowest BCUT2D eigenvalue weighted by Crippen LogP contribution is -2.46. The van der Waals surface area contributed by atoms with Gasteiger partial charge in [0, 0.05) is 16.2 Å². The molecule has 2 fully saturated rings. The van der Waals surface area contributed by atoms with Crippen molar-refractivity contribution in [1.29, 1.82) is 0 Å². The molecule has 3 rings (SSSR count). The van der Waals surface area contributed by atoms with Gasteiger partial charge in [-0.05, 0) is 66.3 Å². The summed E-state index contributed by atoms with van der Waals surface area (Å²) in [5, 5.41) is 0. The van der Waals surface area contributed by atoms with E-state index in [1.165, 1.54) is 32.1 Å². The van der Waals surface area contributed by atoms with Crippen molar-refractivity contribution >= 4 is 28.5 Å². The fourth-order valence-electron chi connectivity index (χ4n) is 3.50. The molecule has 0 spiro atoms. The van der Waals surface area contributed by atoms with Crippen LogP contribution in [-0.4, -0.2) is 23.4 Å². The van der Waals surface area contributed by atoms with E-state index in [1.807, 2.05) is 24.3 Å². The number of rotatable bonds is 1. The Balaban J connectivity index is 1.86. The summed E-state index contributed by atoms with van der Waals surface area (Å²) in [6.45, 7) is 0.949. The Hall–Kier alpha value is -0.580. The molecule has 1 aromatic carbocycles. The molecule has 2 aliphatic rings. The standard InChI is InChI=1S/C15H18INO/c16-13-8-2-1-7-12(13)15(18)17-10-4-6-11-5-3-9-14(11)17/h1-2,7-8,11,14H,3-6,9-10H2. The van der Waals surface area contributed by atoms with Crippen molar-refractivity contribution in [3.05, 3.63) is 33.4 Å². The zero-order valence-corrected chi connectivity index (χ0v) is 12.6. The molecule has 1 aromatic rings. The maximum Gasteiger partial charge on any atom is 0.255 e. The average Bonchev–Trinajstić information content (AvgIpc) is 2.86. The van der Waals surface area contributed by atoms with E-state index in [0.717, 1.165) is 21.6 Å². The topological polar surface area (TPSA) is 20.3 Å². The van der Waals surface area contributed by atoms with Crippen LogP contribution >= 0.6 is 22.6 Å². The summed E-state index contributed by atoms with van der Waals surface area (Å²) in [6.07, 6.45) is 6.32. The van der Waals surface area contributed by atoms with E-state index < -0.39 is 0 Å². The van der Waals surface area contributed by atoms with Crippen molar-refractivity contribution < 1.29 is 4.79 Å². The van der Waals surface area contributed by atoms with Crippen LogP contribution in [0.1, 0.15) is 42.5 Å². The molecule has 1 saturated heterocycles. The molecular formula is C15H18INO. The number of hydrogen-bond acceptors (Lipinski definition) is 1. The predicted molar refractivity (Wildman–Crippen MR) is 80.6 cm³/mol. The second kappa shape index (κ2) is 5.19. The second-order valence-corrected chi connectivity index (χ2v) is 6.54. The zero-order chi connectivity index (χ0) is 12.5. The molecule has 0 radical (unpaired) electrons. The van der Waals surface area contributed by atoms with Crippen molar-refractivity contribution in [1.82, 2.24) is 4.90 Å². The normalized spacial score (nSPS) is 27.1. The molecule has 0 bridgehead atoms. The number of benzene rings is 1. The van der Waals surface area contributed by atoms with Gasteiger partial charge in [-0.15, -0.1) is 0 Å². The molecule has 1 amide bonds. The zero-order valence-electron chi connectivity index (χ0n) is 10.4. The number of fused-ring (bicyclic) bond motifs is 1. The highest BCUT2D eigenvalue weighted by Crippen LogP contribution is 2.37. The molecule has 18 heavy (non-hydrogen) atoms. The summed E-state index contributed by atoms with van der Waals surface area (Å²) in [4.78, 5) is 14.8. The Morgan fingerprint density at radius 1 is 1.17 bits per heavy atom. The van der Waals surface area contributed by atoms with Gasteiger partial charge in [0.25, 0.3) is 5.91 Å². The summed E-state index contributed by atoms with van der Waals surface area (Å²) in [5.74, 6) is 1.01. The number of nitrogens with zero attached hydrogens (tertiary/aromatic N) is 1. The van der Waals surface area contributed by atoms with Gasteiger partial charge in [0.05, 0.1) is 5.56 Å². The van der Waals surface area contributed by atoms with Gasteiger partial charge in [-0.25, -0.2) is 0 Å². The van der Waals surface area contributed by atoms with Crippen LogP contribution in [0.5, 0.6) is 0 Å². The average molecular weight is 355 g/mol. The molecule has 3 heteroatoms. The molecule has 1 aliphatic heterocycles. The number of amides is 1. The van der Waals surface area contributed by atoms with Gasteiger partial charge in [-0.2, -0.15) is 0 Å². The van der Waals surface area contributed by atoms with E-state index in [-0.39, 0.29) is 5.91 Å². The number of likely N-dealkylation sites (tertiary alicyclic amines) is 1. The maximum atomic E-state index is 12.7. The lowest BCUT2D eigenvalue weighted by molar-refractivity contribution is 0.0547. The minimum Gasteiger partial charge on any atom is -0.335 e. The number of halogens is 1. The molecule has 96 valence electrons. The molecule has 1 aliphatic carbocycles. The highest BCUT2D eigenvalue weighted by molar-refractivity contribution is 14.1. The summed E-state index contributed by atoms with van der Waals surface area (Å²) in [6, 6.07) is 8.45. The van der Waals surface area contributed by atoms with E-state index >= 15 is 0 Å². The van der Waals surface area contributed by atoms with Gasteiger partial charge in [0.1, 0.15) is 0 Å². The molecule has 1 heterocycles. The van der Waals surface area contributed by atoms with Gasteiger partial charge >= 0.3 is 0 Å². The smallest absolute Gasteiger partial charge is 0.255 e. The van der Waals surface area contributed by atoms with Gasteiger partial charge in [-0.1, -0.05) is 18.6 Å². The van der Waals surface area contributed by atoms with Gasteiger partial charge in [-0.3, -0.25) is 4.79 Å². The number of carbonyl (C=O) groups excluding carboxylic acids is 1. The predicted octanol–water partition coefficient (Wildman–Crippen LogP) is 3.70. The van der Waals surface area contributed by atoms with E-state index in [9.17, 15) is 4.79 Å². The van der Waals surface area contributed by atoms with Crippen molar-refractivity contribution in [2.75, 3.05) is 6.54 Å². The van der Waals surface area contributed by atoms with Crippen LogP contribution in [0.4, 0.5) is 0 Å². The molecule has 2 nitrogen and oxygen atoms in total. The van der Waals surface area contributed by atoms with Gasteiger partial charge in [0.15, 0.2) is 0 Å². The van der Waals surface area contributed by atoms with Crippen molar-refractivity contribution in [2.24, 2.45) is 5.92 Å². The highest BCUT2D eigenvalue weighted by Gasteiger charge is 2.37. The summed E-state index contributed by atoms with van der Waals surface area (Å²) >= 11 is 2.26. The second-order valence-electron chi connectivity index (χ2n) is 5.38. The van der Waals surface area contributed by atoms with E-state index in [2.05, 4.69) is 27.5 Å². The number of piperidine rings is 1. The summed E-state index contributed by atoms with van der Waals surface area (Å²) in [5.41, 5.74) is 0.880. The van der Waals surface area contributed by atoms with Gasteiger partial charge < -0.3 is 4.90 Å². The lowest BCUT2D eigenvalue weighted by Gasteiger charge is -2.38. The van der Waals surface area contributed by atoms with E-state index in [4.69, 9.17) is 0 Å². The van der Waals surface area contributed by atoms with Crippen LogP contribution < -0.4 is 0 Å². The number of hydrogen-bond donors (Lipinski definition) is 0. The minimum atomic E-state index is 0.247. The Kier molecular flexibility index (Phi) is 3.59. The monoisotopic (exact) mass is 355 g/mol. The highest BCUT2D eigenvalue weighted by atomic mass is 127. The molecule has 2 atom stereocenters. The maximum absolute atomic E-state index is 12.7. The van der Waals surface area contributed by atoms with Crippen LogP contribution in [0.15, 0.2) is 24.3 Å². The SMILES string of the molecule is O=C(c1ccccc1I)N1CCCC2CCCC21. The van der Waals surface area contributed by atoms with Crippen LogP contribution in [0.3, 0.4) is 0 Å². The largest absolute Gasteiger partial charge is 0.335 e. The minimum absolute atomic E-state index is 0.247. The first-order chi connectivity index (χ1) is 8.77. The lowest BCUT2D eigenvalue weighted by atomic mass is 9.91. The Bertz CT molecular complexity index is 460. The van der Waals surface area contributed by atoms with Crippen molar-refractivity contribution in [2.45, 2.75) is 38.1 Å². The Morgan fingerprint density at radius 2 is 1.94 bits per heavy atom. The van der Waals surface area contributed by atoms with Crippen LogP contribution in [0.2, 0.25) is 0 Å². The first-order valence-corrected chi connectivity index (χ1v) is 7.91. The van der Waals surface area contributed by atoms with Crippen molar-refractivity contribution in [3.8, 4) is 0 Å². The molecular weight excluding hydrogens is 337 g/mol. The Morgan fingerprint density at radius 3 is 2.78 bits per heavy atom. The molecule has 0 aromatic heterocycles. The van der Waals surface area contributed by atoms with Gasteiger partial charge in [0.2, 0.25) is 0 Å². The quantitative estimate of drug-likeness (QED) is 0.704. The van der Waals surface area contributed by atoms with Crippen molar-refractivity contribution in [3.63, 3.8) is 0 Å². The summed E-state index contributed by atoms with van der Waals surface area (Å²) < 4.78 is 1.07. The van der Waals surface area contributed by atoms with E-state index in [0.29, 0.717) is 6.04 Å². The van der Waals surface area contributed by atoms with Crippen LogP contribution in [0, 0.1) is 9.49 Å². The van der Waals surface area contributed by atoms with Crippen LogP contribution in [-0.2, 0) is 0 Å².